The first-order chi connectivity index (χ1) is 20.7. The van der Waals surface area contributed by atoms with E-state index in [1.54, 1.807) is 11.9 Å². The largest absolute Gasteiger partial charge is 0.491 e. The molecule has 8 heteroatoms. The molecule has 3 aliphatic rings. The number of benzene rings is 2. The first-order valence-electron chi connectivity index (χ1n) is 15.7. The van der Waals surface area contributed by atoms with Crippen LogP contribution in [-0.4, -0.2) is 68.4 Å². The number of carbonyl (C=O) groups excluding carboxylic acids is 2. The number of carbonyl (C=O) groups is 2. The monoisotopic (exact) mass is 608 g/mol. The predicted octanol–water partition coefficient (Wildman–Crippen LogP) is 5.97. The highest BCUT2D eigenvalue weighted by Crippen LogP contribution is 2.43. The fourth-order valence-corrected chi connectivity index (χ4v) is 7.15. The smallest absolute Gasteiger partial charge is 0.313 e. The van der Waals surface area contributed by atoms with Crippen LogP contribution in [0.15, 0.2) is 48.6 Å². The minimum absolute atomic E-state index is 0.0142. The maximum atomic E-state index is 13.3. The number of nitrogens with zero attached hydrogens (tertiary/aromatic N) is 2. The summed E-state index contributed by atoms with van der Waals surface area (Å²) in [7, 11) is 3.13. The molecule has 2 aliphatic heterocycles. The fraction of sp³-hybridized carbons (Fsp3) is 0.543. The molecule has 6 unspecified atom stereocenters. The quantitative estimate of drug-likeness (QED) is 0.340. The van der Waals surface area contributed by atoms with Gasteiger partial charge in [-0.05, 0) is 78.0 Å². The average molecular weight is 609 g/mol. The number of esters is 1. The van der Waals surface area contributed by atoms with Gasteiger partial charge in [-0.3, -0.25) is 9.59 Å². The number of rotatable bonds is 4. The summed E-state index contributed by atoms with van der Waals surface area (Å²) in [4.78, 5) is 30.4. The van der Waals surface area contributed by atoms with Crippen molar-refractivity contribution in [2.24, 2.45) is 17.8 Å². The number of anilines is 1. The van der Waals surface area contributed by atoms with Gasteiger partial charge in [0, 0.05) is 44.0 Å². The molecule has 6 atom stereocenters. The first-order valence-corrected chi connectivity index (χ1v) is 16.0. The molecule has 2 aromatic rings. The van der Waals surface area contributed by atoms with Crippen LogP contribution in [0.5, 0.6) is 5.75 Å². The lowest BCUT2D eigenvalue weighted by Crippen LogP contribution is -2.44. The van der Waals surface area contributed by atoms with E-state index >= 15 is 0 Å². The van der Waals surface area contributed by atoms with Gasteiger partial charge in [-0.25, -0.2) is 0 Å². The molecule has 1 N–H and O–H groups in total. The third-order valence-corrected chi connectivity index (χ3v) is 9.76. The van der Waals surface area contributed by atoms with Crippen LogP contribution in [0.2, 0.25) is 5.02 Å². The Hall–Kier alpha value is -3.03. The molecule has 0 saturated heterocycles. The maximum Gasteiger partial charge on any atom is 0.313 e. The lowest BCUT2D eigenvalue weighted by molar-refractivity contribution is -0.145. The Morgan fingerprint density at radius 1 is 1.12 bits per heavy atom. The molecule has 1 fully saturated rings. The van der Waals surface area contributed by atoms with Crippen molar-refractivity contribution in [2.75, 3.05) is 45.3 Å². The molecule has 1 amide bonds. The van der Waals surface area contributed by atoms with E-state index in [1.165, 1.54) is 18.2 Å². The second-order valence-corrected chi connectivity index (χ2v) is 13.1. The molecule has 0 aromatic heterocycles. The van der Waals surface area contributed by atoms with Gasteiger partial charge in [0.25, 0.3) is 0 Å². The van der Waals surface area contributed by atoms with Gasteiger partial charge in [0.15, 0.2) is 0 Å². The van der Waals surface area contributed by atoms with Crippen molar-refractivity contribution in [1.29, 1.82) is 0 Å². The van der Waals surface area contributed by atoms with Crippen molar-refractivity contribution in [3.05, 3.63) is 70.3 Å². The summed E-state index contributed by atoms with van der Waals surface area (Å²) < 4.78 is 11.7. The number of amides is 1. The highest BCUT2D eigenvalue weighted by atomic mass is 35.5. The Morgan fingerprint density at radius 2 is 1.93 bits per heavy atom. The number of hydrogen-bond donors (Lipinski definition) is 1. The van der Waals surface area contributed by atoms with Gasteiger partial charge < -0.3 is 24.4 Å². The number of aliphatic hydroxyl groups is 1. The van der Waals surface area contributed by atoms with Crippen LogP contribution in [0.1, 0.15) is 68.1 Å². The van der Waals surface area contributed by atoms with Gasteiger partial charge in [-0.1, -0.05) is 56.2 Å². The molecular formula is C35H45ClN2O5. The molecule has 232 valence electrons. The second-order valence-electron chi connectivity index (χ2n) is 12.6. The third-order valence-electron chi connectivity index (χ3n) is 9.53. The number of aryl methyl sites for hydroxylation is 1. The molecule has 5 rings (SSSR count). The van der Waals surface area contributed by atoms with Crippen LogP contribution in [0.25, 0.3) is 0 Å². The molecule has 0 radical (unpaired) electrons. The van der Waals surface area contributed by atoms with Gasteiger partial charge in [0.1, 0.15) is 5.75 Å². The van der Waals surface area contributed by atoms with E-state index < -0.39 is 18.0 Å². The lowest BCUT2D eigenvalue weighted by Gasteiger charge is -2.43. The van der Waals surface area contributed by atoms with E-state index in [0.29, 0.717) is 19.1 Å². The summed E-state index contributed by atoms with van der Waals surface area (Å²) in [6, 6.07) is 12.0. The van der Waals surface area contributed by atoms with Crippen LogP contribution >= 0.6 is 11.6 Å². The number of hydrogen-bond acceptors (Lipinski definition) is 6. The zero-order valence-corrected chi connectivity index (χ0v) is 26.6. The average Bonchev–Trinajstić information content (AvgIpc) is 3.15. The van der Waals surface area contributed by atoms with E-state index in [1.807, 2.05) is 43.3 Å². The van der Waals surface area contributed by atoms with E-state index in [0.717, 1.165) is 60.8 Å². The summed E-state index contributed by atoms with van der Waals surface area (Å²) in [6.07, 6.45) is 7.39. The van der Waals surface area contributed by atoms with Gasteiger partial charge in [-0.15, -0.1) is 0 Å². The van der Waals surface area contributed by atoms with Gasteiger partial charge >= 0.3 is 5.97 Å². The van der Waals surface area contributed by atoms with Gasteiger partial charge in [-0.2, -0.15) is 0 Å². The maximum absolute atomic E-state index is 13.3. The van der Waals surface area contributed by atoms with Crippen molar-refractivity contribution in [2.45, 2.75) is 63.9 Å². The molecule has 43 heavy (non-hydrogen) atoms. The molecule has 2 bridgehead atoms. The van der Waals surface area contributed by atoms with E-state index in [4.69, 9.17) is 21.1 Å². The first kappa shape index (κ1) is 31.4. The van der Waals surface area contributed by atoms with E-state index in [-0.39, 0.29) is 30.1 Å². The summed E-state index contributed by atoms with van der Waals surface area (Å²) in [5.41, 5.74) is 4.14. The van der Waals surface area contributed by atoms with Crippen molar-refractivity contribution in [1.82, 2.24) is 4.90 Å². The molecule has 2 aromatic carbocycles. The van der Waals surface area contributed by atoms with Gasteiger partial charge in [0.05, 0.1) is 31.4 Å². The van der Waals surface area contributed by atoms with Crippen molar-refractivity contribution < 1.29 is 24.2 Å². The van der Waals surface area contributed by atoms with Crippen LogP contribution in [-0.2, 0) is 20.7 Å². The summed E-state index contributed by atoms with van der Waals surface area (Å²) >= 11 is 6.41. The topological polar surface area (TPSA) is 79.3 Å². The lowest BCUT2D eigenvalue weighted by atomic mass is 9.70. The summed E-state index contributed by atoms with van der Waals surface area (Å²) in [5.74, 6) is 0.136. The number of methoxy groups -OCH3 is 1. The fourth-order valence-electron chi connectivity index (χ4n) is 6.95. The summed E-state index contributed by atoms with van der Waals surface area (Å²) in [5, 5.41) is 11.9. The zero-order chi connectivity index (χ0) is 30.7. The number of fused-ring (bicyclic) bond motifs is 2. The minimum atomic E-state index is -0.726. The SMILES string of the molecule is CCCc1cc(Cl)ccc1C1COc2ccc3cc2N(C1)CC1CCC1C(O)/C=C/C(C)CN(C)C(=O)CC3C(=O)OC. The van der Waals surface area contributed by atoms with Crippen LogP contribution in [0.4, 0.5) is 5.69 Å². The number of halogens is 1. The normalized spacial score (nSPS) is 28.7. The second kappa shape index (κ2) is 13.7. The molecule has 0 spiro atoms. The predicted molar refractivity (Wildman–Crippen MR) is 170 cm³/mol. The van der Waals surface area contributed by atoms with Crippen LogP contribution in [0, 0.1) is 17.8 Å². The van der Waals surface area contributed by atoms with Gasteiger partial charge in [0.2, 0.25) is 5.91 Å². The number of aliphatic hydroxyl groups excluding tert-OH is 1. The minimum Gasteiger partial charge on any atom is -0.491 e. The summed E-state index contributed by atoms with van der Waals surface area (Å²) in [6.45, 7) is 6.73. The Labute approximate surface area is 260 Å². The standard InChI is InChI=1S/C35H45ClN2O5/c1-5-6-23-15-27(36)10-12-28(23)26-20-38-19-25-8-11-29(25)32(39)13-7-22(2)18-37(3)34(40)17-30(35(41)42-4)24-9-14-33(43-21-26)31(38)16-24/h7,9-10,12-16,22,25-26,29-30,32,39H,5-6,8,11,17-21H2,1-4H3/b13-7+. The highest BCUT2D eigenvalue weighted by Gasteiger charge is 2.38. The molecule has 1 saturated carbocycles. The highest BCUT2D eigenvalue weighted by molar-refractivity contribution is 6.30. The third kappa shape index (κ3) is 7.04. The van der Waals surface area contributed by atoms with E-state index in [9.17, 15) is 14.7 Å². The molecular weight excluding hydrogens is 564 g/mol. The molecule has 2 heterocycles. The Morgan fingerprint density at radius 3 is 2.65 bits per heavy atom. The Bertz CT molecular complexity index is 1350. The molecule has 7 nitrogen and oxygen atoms in total. The van der Waals surface area contributed by atoms with Crippen molar-refractivity contribution >= 4 is 29.2 Å². The van der Waals surface area contributed by atoms with E-state index in [2.05, 4.69) is 24.0 Å². The Balaban J connectivity index is 1.57. The van der Waals surface area contributed by atoms with Crippen molar-refractivity contribution in [3.63, 3.8) is 0 Å². The van der Waals surface area contributed by atoms with Crippen LogP contribution < -0.4 is 9.64 Å². The van der Waals surface area contributed by atoms with Crippen LogP contribution in [0.3, 0.4) is 0 Å². The number of ether oxygens (including phenoxy) is 2. The molecule has 1 aliphatic carbocycles. The Kier molecular flexibility index (Phi) is 10.0. The van der Waals surface area contributed by atoms with Crippen molar-refractivity contribution in [3.8, 4) is 5.75 Å². The zero-order valence-electron chi connectivity index (χ0n) is 25.8.